The predicted octanol–water partition coefficient (Wildman–Crippen LogP) is 0.473. The van der Waals surface area contributed by atoms with Gasteiger partial charge >= 0.3 is 0 Å². The maximum absolute atomic E-state index is 8.37. The van der Waals surface area contributed by atoms with Crippen molar-refractivity contribution in [3.05, 3.63) is 12.7 Å². The van der Waals surface area contributed by atoms with Crippen molar-refractivity contribution in [3.8, 4) is 0 Å². The van der Waals surface area contributed by atoms with E-state index in [0.29, 0.717) is 6.61 Å². The zero-order chi connectivity index (χ0) is 4.41. The van der Waals surface area contributed by atoms with Gasteiger partial charge < -0.3 is 9.84 Å². The summed E-state index contributed by atoms with van der Waals surface area (Å²) >= 11 is 0. The molecule has 34 valence electrons. The summed E-state index contributed by atoms with van der Waals surface area (Å²) in [7, 11) is 0. The lowest BCUT2D eigenvalue weighted by Gasteiger charge is -1.90. The Bertz CT molecular complexity index is 38.8. The molecule has 0 spiro atoms. The van der Waals surface area contributed by atoms with Gasteiger partial charge in [-0.05, 0) is 6.42 Å². The van der Waals surface area contributed by atoms with Gasteiger partial charge in [0.1, 0.15) is 0 Å². The molecule has 1 aliphatic heterocycles. The number of aliphatic hydroxyl groups is 1. The minimum atomic E-state index is 0.0787. The third-order valence-electron chi connectivity index (χ3n) is 0.687. The molecule has 0 aromatic carbocycles. The number of hydrogen-bond acceptors (Lipinski definition) is 2. The summed E-state index contributed by atoms with van der Waals surface area (Å²) in [5.41, 5.74) is 0. The van der Waals surface area contributed by atoms with Crippen molar-refractivity contribution in [1.82, 2.24) is 0 Å². The van der Waals surface area contributed by atoms with E-state index in [1.807, 2.05) is 0 Å². The highest BCUT2D eigenvalue weighted by Crippen LogP contribution is 2.12. The van der Waals surface area contributed by atoms with Crippen LogP contribution >= 0.6 is 0 Å². The average Bonchev–Trinajstić information content (AvgIpc) is 1.86. The molecular formula is C4H6O2. The highest BCUT2D eigenvalue weighted by molar-refractivity contribution is 4.88. The van der Waals surface area contributed by atoms with Crippen molar-refractivity contribution < 1.29 is 9.84 Å². The van der Waals surface area contributed by atoms with Crippen molar-refractivity contribution in [1.29, 1.82) is 0 Å². The fourth-order valence-electron chi connectivity index (χ4n) is 0.405. The summed E-state index contributed by atoms with van der Waals surface area (Å²) in [6, 6.07) is 0. The molecule has 0 unspecified atom stereocenters. The van der Waals surface area contributed by atoms with Gasteiger partial charge in [0.25, 0.3) is 0 Å². The van der Waals surface area contributed by atoms with Crippen LogP contribution in [0.4, 0.5) is 0 Å². The molecule has 0 aromatic heterocycles. The van der Waals surface area contributed by atoms with Crippen LogP contribution < -0.4 is 0 Å². The standard InChI is InChI=1S/C4H6O2/c5-4-2-1-3-6-4/h2,5H,1,3H2. The van der Waals surface area contributed by atoms with E-state index in [9.17, 15) is 0 Å². The Kier molecular flexibility index (Phi) is 1.08. The third kappa shape index (κ3) is 0.698. The number of aliphatic hydroxyl groups excluding tert-OH is 1. The summed E-state index contributed by atoms with van der Waals surface area (Å²) in [6.45, 7) is 0.645. The molecule has 1 fully saturated rings. The molecule has 1 N–H and O–H groups in total. The minimum Gasteiger partial charge on any atom is -0.361 e. The van der Waals surface area contributed by atoms with Crippen molar-refractivity contribution in [2.75, 3.05) is 6.61 Å². The molecule has 6 heavy (non-hydrogen) atoms. The van der Waals surface area contributed by atoms with Gasteiger partial charge in [-0.1, -0.05) is 0 Å². The third-order valence-corrected chi connectivity index (χ3v) is 0.687. The highest BCUT2D eigenvalue weighted by Gasteiger charge is 2.12. The Labute approximate surface area is 36.7 Å². The Morgan fingerprint density at radius 3 is 2.83 bits per heavy atom. The first-order chi connectivity index (χ1) is 2.89. The summed E-state index contributed by atoms with van der Waals surface area (Å²) in [5, 5.41) is 8.37. The number of rotatable bonds is 0. The van der Waals surface area contributed by atoms with Crippen LogP contribution in [-0.4, -0.2) is 11.7 Å². The smallest absolute Gasteiger partial charge is 0.224 e. The van der Waals surface area contributed by atoms with E-state index in [1.165, 1.54) is 0 Å². The summed E-state index contributed by atoms with van der Waals surface area (Å²) in [5.74, 6) is 0. The molecular weight excluding hydrogens is 80.0 g/mol. The van der Waals surface area contributed by atoms with Crippen molar-refractivity contribution in [2.24, 2.45) is 0 Å². The van der Waals surface area contributed by atoms with Crippen LogP contribution in [0.3, 0.4) is 0 Å². The zero-order valence-corrected chi connectivity index (χ0v) is 3.35. The van der Waals surface area contributed by atoms with Crippen molar-refractivity contribution in [3.63, 3.8) is 0 Å². The molecule has 0 saturated carbocycles. The Morgan fingerprint density at radius 2 is 2.67 bits per heavy atom. The lowest BCUT2D eigenvalue weighted by Crippen LogP contribution is -1.88. The second-order valence-electron chi connectivity index (χ2n) is 1.18. The van der Waals surface area contributed by atoms with Crippen LogP contribution in [0.1, 0.15) is 6.42 Å². The van der Waals surface area contributed by atoms with Gasteiger partial charge in [0, 0.05) is 6.42 Å². The highest BCUT2D eigenvalue weighted by atomic mass is 16.6. The van der Waals surface area contributed by atoms with Gasteiger partial charge in [-0.2, -0.15) is 0 Å². The normalized spacial score (nSPS) is 25.5. The average molecular weight is 86.1 g/mol. The molecule has 0 aliphatic carbocycles. The molecule has 1 heterocycles. The fraction of sp³-hybridized carbons (Fsp3) is 0.500. The zero-order valence-electron chi connectivity index (χ0n) is 3.35. The molecule has 0 atom stereocenters. The van der Waals surface area contributed by atoms with E-state index >= 15 is 0 Å². The van der Waals surface area contributed by atoms with E-state index in [1.54, 1.807) is 6.42 Å². The van der Waals surface area contributed by atoms with Gasteiger partial charge in [0.05, 0.1) is 6.61 Å². The van der Waals surface area contributed by atoms with E-state index in [0.717, 1.165) is 6.42 Å². The van der Waals surface area contributed by atoms with Gasteiger partial charge in [0.15, 0.2) is 0 Å². The molecule has 1 aliphatic rings. The van der Waals surface area contributed by atoms with Crippen LogP contribution in [0.15, 0.2) is 0 Å². The fourth-order valence-corrected chi connectivity index (χ4v) is 0.405. The van der Waals surface area contributed by atoms with Gasteiger partial charge in [-0.3, -0.25) is 0 Å². The van der Waals surface area contributed by atoms with Gasteiger partial charge in [0.2, 0.25) is 6.29 Å². The summed E-state index contributed by atoms with van der Waals surface area (Å²) in [4.78, 5) is 0. The maximum Gasteiger partial charge on any atom is 0.224 e. The van der Waals surface area contributed by atoms with Crippen LogP contribution in [0, 0.1) is 12.7 Å². The quantitative estimate of drug-likeness (QED) is 0.464. The molecule has 2 heteroatoms. The van der Waals surface area contributed by atoms with E-state index in [4.69, 9.17) is 5.11 Å². The van der Waals surface area contributed by atoms with Crippen molar-refractivity contribution in [2.45, 2.75) is 6.42 Å². The van der Waals surface area contributed by atoms with E-state index < -0.39 is 0 Å². The first kappa shape index (κ1) is 4.09. The number of hydrogen-bond donors (Lipinski definition) is 1. The molecule has 2 nitrogen and oxygen atoms in total. The van der Waals surface area contributed by atoms with Crippen molar-refractivity contribution >= 4 is 0 Å². The summed E-state index contributed by atoms with van der Waals surface area (Å²) < 4.78 is 4.57. The van der Waals surface area contributed by atoms with Crippen LogP contribution in [0.2, 0.25) is 0 Å². The Hall–Kier alpha value is -0.0800. The Morgan fingerprint density at radius 1 is 1.83 bits per heavy atom. The molecule has 2 radical (unpaired) electrons. The summed E-state index contributed by atoms with van der Waals surface area (Å²) in [6.07, 6.45) is 2.58. The second kappa shape index (κ2) is 1.58. The SMILES string of the molecule is O[C]1[CH]CCO1. The topological polar surface area (TPSA) is 29.5 Å². The van der Waals surface area contributed by atoms with E-state index in [-0.39, 0.29) is 6.29 Å². The van der Waals surface area contributed by atoms with Crippen LogP contribution in [-0.2, 0) is 4.74 Å². The van der Waals surface area contributed by atoms with Crippen LogP contribution in [0.25, 0.3) is 0 Å². The lowest BCUT2D eigenvalue weighted by molar-refractivity contribution is 0.0589. The predicted molar refractivity (Wildman–Crippen MR) is 20.0 cm³/mol. The monoisotopic (exact) mass is 86.0 g/mol. The van der Waals surface area contributed by atoms with Gasteiger partial charge in [-0.15, -0.1) is 0 Å². The first-order valence-corrected chi connectivity index (χ1v) is 1.91. The number of ether oxygens (including phenoxy) is 1. The minimum absolute atomic E-state index is 0.0787. The molecule has 0 bridgehead atoms. The molecule has 0 aromatic rings. The maximum atomic E-state index is 8.37. The van der Waals surface area contributed by atoms with Gasteiger partial charge in [-0.25, -0.2) is 0 Å². The largest absolute Gasteiger partial charge is 0.361 e. The lowest BCUT2D eigenvalue weighted by atomic mass is 10.4. The van der Waals surface area contributed by atoms with E-state index in [2.05, 4.69) is 4.74 Å². The van der Waals surface area contributed by atoms with Crippen LogP contribution in [0.5, 0.6) is 0 Å². The molecule has 0 amide bonds. The Balaban J connectivity index is 2.18. The first-order valence-electron chi connectivity index (χ1n) is 1.91. The second-order valence-corrected chi connectivity index (χ2v) is 1.18. The molecule has 1 saturated heterocycles. The molecule has 1 rings (SSSR count).